The van der Waals surface area contributed by atoms with Gasteiger partial charge in [-0.3, -0.25) is 0 Å². The zero-order valence-electron chi connectivity index (χ0n) is 6.94. The minimum atomic E-state index is -0.645. The third-order valence-corrected chi connectivity index (χ3v) is 2.40. The van der Waals surface area contributed by atoms with Crippen LogP contribution in [0.1, 0.15) is 5.56 Å². The number of rotatable bonds is 2. The molecule has 0 unspecified atom stereocenters. The Hall–Kier alpha value is -1.43. The van der Waals surface area contributed by atoms with Crippen molar-refractivity contribution in [3.05, 3.63) is 33.9 Å². The van der Waals surface area contributed by atoms with Crippen molar-refractivity contribution in [1.82, 2.24) is 4.98 Å². The molecule has 0 radical (unpaired) electrons. The highest BCUT2D eigenvalue weighted by molar-refractivity contribution is 9.08. The zero-order valence-corrected chi connectivity index (χ0v) is 8.52. The van der Waals surface area contributed by atoms with Gasteiger partial charge < -0.3 is 14.5 Å². The van der Waals surface area contributed by atoms with Crippen molar-refractivity contribution >= 4 is 33.0 Å². The van der Waals surface area contributed by atoms with Gasteiger partial charge in [0.05, 0.1) is 0 Å². The van der Waals surface area contributed by atoms with E-state index >= 15 is 0 Å². The van der Waals surface area contributed by atoms with Gasteiger partial charge in [0, 0.05) is 15.2 Å². The summed E-state index contributed by atoms with van der Waals surface area (Å²) in [6.45, 7) is 0. The van der Waals surface area contributed by atoms with E-state index in [0.717, 1.165) is 5.56 Å². The lowest BCUT2D eigenvalue weighted by molar-refractivity contribution is -0.406. The van der Waals surface area contributed by atoms with E-state index in [4.69, 9.17) is 4.42 Å². The number of nitro groups is 1. The Balaban J connectivity index is 2.60. The van der Waals surface area contributed by atoms with Gasteiger partial charge in [-0.1, -0.05) is 22.0 Å². The molecule has 0 saturated heterocycles. The number of aromatic nitrogens is 1. The second-order valence-corrected chi connectivity index (χ2v) is 3.25. The first-order chi connectivity index (χ1) is 6.70. The molecule has 2 rings (SSSR count). The molecule has 1 heterocycles. The van der Waals surface area contributed by atoms with Gasteiger partial charge in [0.15, 0.2) is 5.58 Å². The molecule has 1 aromatic carbocycles. The third-order valence-electron chi connectivity index (χ3n) is 1.75. The number of alkyl halides is 1. The quantitative estimate of drug-likeness (QED) is 0.471. The first-order valence-corrected chi connectivity index (χ1v) is 4.92. The van der Waals surface area contributed by atoms with Gasteiger partial charge >= 0.3 is 6.01 Å². The second-order valence-electron chi connectivity index (χ2n) is 2.69. The number of benzene rings is 1. The molecule has 0 amide bonds. The van der Waals surface area contributed by atoms with Gasteiger partial charge in [0.2, 0.25) is 5.52 Å². The van der Waals surface area contributed by atoms with Crippen LogP contribution in [0.15, 0.2) is 22.6 Å². The molecule has 0 spiro atoms. The highest BCUT2D eigenvalue weighted by Gasteiger charge is 2.17. The fourth-order valence-corrected chi connectivity index (χ4v) is 1.47. The normalized spacial score (nSPS) is 10.6. The van der Waals surface area contributed by atoms with Crippen molar-refractivity contribution in [2.45, 2.75) is 5.33 Å². The largest absolute Gasteiger partial charge is 0.546 e. The lowest BCUT2D eigenvalue weighted by atomic mass is 10.2. The van der Waals surface area contributed by atoms with Crippen LogP contribution in [-0.4, -0.2) is 9.91 Å². The van der Waals surface area contributed by atoms with E-state index in [1.165, 1.54) is 0 Å². The average Bonchev–Trinajstić information content (AvgIpc) is 2.59. The van der Waals surface area contributed by atoms with E-state index < -0.39 is 10.9 Å². The first kappa shape index (κ1) is 9.14. The van der Waals surface area contributed by atoms with Gasteiger partial charge in [-0.15, -0.1) is 0 Å². The molecule has 0 N–H and O–H groups in total. The van der Waals surface area contributed by atoms with Crippen LogP contribution in [0.3, 0.4) is 0 Å². The molecule has 14 heavy (non-hydrogen) atoms. The van der Waals surface area contributed by atoms with Gasteiger partial charge in [-0.05, 0) is 17.7 Å². The minimum absolute atomic E-state index is 0.432. The summed E-state index contributed by atoms with van der Waals surface area (Å²) in [5.74, 6) is 0. The third kappa shape index (κ3) is 1.48. The van der Waals surface area contributed by atoms with Crippen molar-refractivity contribution in [3.8, 4) is 0 Å². The summed E-state index contributed by atoms with van der Waals surface area (Å²) in [5, 5.41) is 11.0. The maximum Gasteiger partial charge on any atom is 0.546 e. The number of nitrogens with zero attached hydrogens (tertiary/aromatic N) is 2. The van der Waals surface area contributed by atoms with Crippen molar-refractivity contribution in [2.24, 2.45) is 0 Å². The van der Waals surface area contributed by atoms with E-state index in [2.05, 4.69) is 20.9 Å². The highest BCUT2D eigenvalue weighted by Crippen LogP contribution is 2.22. The first-order valence-electron chi connectivity index (χ1n) is 3.80. The van der Waals surface area contributed by atoms with Crippen LogP contribution in [-0.2, 0) is 5.33 Å². The number of hydrogen-bond donors (Lipinski definition) is 0. The molecule has 0 fully saturated rings. The van der Waals surface area contributed by atoms with Gasteiger partial charge in [0.25, 0.3) is 0 Å². The number of fused-ring (bicyclic) bond motifs is 1. The average molecular weight is 257 g/mol. The summed E-state index contributed by atoms with van der Waals surface area (Å²) in [4.78, 5) is 13.5. The summed E-state index contributed by atoms with van der Waals surface area (Å²) < 4.78 is 4.90. The zero-order chi connectivity index (χ0) is 10.1. The highest BCUT2D eigenvalue weighted by atomic mass is 79.9. The number of hydrogen-bond acceptors (Lipinski definition) is 4. The van der Waals surface area contributed by atoms with E-state index in [1.807, 2.05) is 6.07 Å². The summed E-state index contributed by atoms with van der Waals surface area (Å²) in [6.07, 6.45) is 0. The van der Waals surface area contributed by atoms with E-state index in [0.29, 0.717) is 16.4 Å². The fraction of sp³-hybridized carbons (Fsp3) is 0.125. The van der Waals surface area contributed by atoms with Crippen LogP contribution < -0.4 is 0 Å². The smallest absolute Gasteiger partial charge is 0.381 e. The van der Waals surface area contributed by atoms with Gasteiger partial charge in [-0.2, -0.15) is 0 Å². The SMILES string of the molecule is O=[N+]([O-])c1nc2cc(CBr)ccc2o1. The van der Waals surface area contributed by atoms with Crippen LogP contribution in [0.5, 0.6) is 0 Å². The molecule has 0 aliphatic heterocycles. The second kappa shape index (κ2) is 3.38. The molecule has 1 aromatic heterocycles. The van der Waals surface area contributed by atoms with Crippen molar-refractivity contribution in [2.75, 3.05) is 0 Å². The monoisotopic (exact) mass is 256 g/mol. The maximum atomic E-state index is 10.4. The predicted octanol–water partition coefficient (Wildman–Crippen LogP) is 2.63. The Morgan fingerprint density at radius 3 is 3.00 bits per heavy atom. The molecule has 0 bridgehead atoms. The van der Waals surface area contributed by atoms with E-state index in [-0.39, 0.29) is 0 Å². The molecule has 72 valence electrons. The van der Waals surface area contributed by atoms with Crippen LogP contribution in [0, 0.1) is 10.1 Å². The molecule has 0 aliphatic rings. The Kier molecular flexibility index (Phi) is 2.20. The lowest BCUT2D eigenvalue weighted by Crippen LogP contribution is -1.85. The molecule has 5 nitrogen and oxygen atoms in total. The van der Waals surface area contributed by atoms with Crippen LogP contribution in [0.2, 0.25) is 0 Å². The molecule has 2 aromatic rings. The molecule has 0 aliphatic carbocycles. The Bertz CT molecular complexity index is 494. The van der Waals surface area contributed by atoms with Crippen molar-refractivity contribution in [1.29, 1.82) is 0 Å². The minimum Gasteiger partial charge on any atom is -0.381 e. The van der Waals surface area contributed by atoms with Crippen molar-refractivity contribution in [3.63, 3.8) is 0 Å². The molecular weight excluding hydrogens is 252 g/mol. The Morgan fingerprint density at radius 1 is 1.57 bits per heavy atom. The number of halogens is 1. The lowest BCUT2D eigenvalue weighted by Gasteiger charge is -1.89. The molecule has 0 saturated carbocycles. The van der Waals surface area contributed by atoms with Gasteiger partial charge in [0.1, 0.15) is 0 Å². The van der Waals surface area contributed by atoms with Crippen LogP contribution in [0.4, 0.5) is 6.01 Å². The van der Waals surface area contributed by atoms with Crippen LogP contribution >= 0.6 is 15.9 Å². The summed E-state index contributed by atoms with van der Waals surface area (Å²) in [6, 6.07) is 4.78. The summed E-state index contributed by atoms with van der Waals surface area (Å²) >= 11 is 3.29. The Morgan fingerprint density at radius 2 is 2.36 bits per heavy atom. The van der Waals surface area contributed by atoms with Crippen molar-refractivity contribution < 1.29 is 9.34 Å². The molecule has 0 atom stereocenters. The summed E-state index contributed by atoms with van der Waals surface area (Å²) in [7, 11) is 0. The predicted molar refractivity (Wildman–Crippen MR) is 53.3 cm³/mol. The van der Waals surface area contributed by atoms with Crippen LogP contribution in [0.25, 0.3) is 11.1 Å². The standard InChI is InChI=1S/C8H5BrN2O3/c9-4-5-1-2-7-6(3-5)10-8(14-7)11(12)13/h1-3H,4H2. The fourth-order valence-electron chi connectivity index (χ4n) is 1.12. The maximum absolute atomic E-state index is 10.4. The Labute approximate surface area is 87.0 Å². The number of oxazole rings is 1. The summed E-state index contributed by atoms with van der Waals surface area (Å²) in [5.41, 5.74) is 1.94. The van der Waals surface area contributed by atoms with E-state index in [9.17, 15) is 10.1 Å². The van der Waals surface area contributed by atoms with Gasteiger partial charge in [-0.25, -0.2) is 0 Å². The molecule has 6 heteroatoms. The van der Waals surface area contributed by atoms with E-state index in [1.54, 1.807) is 12.1 Å². The molecular formula is C8H5BrN2O3. The topological polar surface area (TPSA) is 69.2 Å².